The molecule has 0 atom stereocenters. The Morgan fingerprint density at radius 3 is 2.58 bits per heavy atom. The SMILES string of the molecule is CCNC(=NCCNC(=O)C1CC1)N1CCC2(CCCCC2)C1.I. The summed E-state index contributed by atoms with van der Waals surface area (Å²) in [4.78, 5) is 18.8. The number of amides is 1. The minimum absolute atomic E-state index is 0. The molecule has 3 fully saturated rings. The van der Waals surface area contributed by atoms with E-state index in [0.717, 1.165) is 38.4 Å². The Labute approximate surface area is 163 Å². The van der Waals surface area contributed by atoms with Gasteiger partial charge in [-0.3, -0.25) is 9.79 Å². The lowest BCUT2D eigenvalue weighted by Gasteiger charge is -2.33. The summed E-state index contributed by atoms with van der Waals surface area (Å²) in [6, 6.07) is 0. The van der Waals surface area contributed by atoms with Crippen molar-refractivity contribution in [2.45, 2.75) is 58.3 Å². The fraction of sp³-hybridized carbons (Fsp3) is 0.889. The summed E-state index contributed by atoms with van der Waals surface area (Å²) in [5.41, 5.74) is 0.550. The van der Waals surface area contributed by atoms with Gasteiger partial charge in [0, 0.05) is 32.1 Å². The maximum atomic E-state index is 11.6. The van der Waals surface area contributed by atoms with Crippen molar-refractivity contribution < 1.29 is 4.79 Å². The van der Waals surface area contributed by atoms with E-state index >= 15 is 0 Å². The van der Waals surface area contributed by atoms with Crippen molar-refractivity contribution in [2.24, 2.45) is 16.3 Å². The Morgan fingerprint density at radius 2 is 1.92 bits per heavy atom. The number of hydrogen-bond acceptors (Lipinski definition) is 2. The van der Waals surface area contributed by atoms with Crippen LogP contribution in [-0.4, -0.2) is 49.5 Å². The normalized spacial score (nSPS) is 23.0. The summed E-state index contributed by atoms with van der Waals surface area (Å²) in [7, 11) is 0. The Balaban J connectivity index is 0.00000208. The molecule has 3 aliphatic rings. The van der Waals surface area contributed by atoms with E-state index in [1.807, 2.05) is 0 Å². The number of halogens is 1. The highest BCUT2D eigenvalue weighted by molar-refractivity contribution is 14.0. The second-order valence-electron chi connectivity index (χ2n) is 7.53. The van der Waals surface area contributed by atoms with Crippen molar-refractivity contribution in [2.75, 3.05) is 32.7 Å². The molecule has 2 aliphatic carbocycles. The molecule has 2 saturated carbocycles. The van der Waals surface area contributed by atoms with Gasteiger partial charge in [0.2, 0.25) is 5.91 Å². The van der Waals surface area contributed by atoms with Crippen LogP contribution in [0.3, 0.4) is 0 Å². The van der Waals surface area contributed by atoms with Crippen LogP contribution in [0.5, 0.6) is 0 Å². The maximum absolute atomic E-state index is 11.6. The molecule has 2 N–H and O–H groups in total. The molecule has 3 rings (SSSR count). The van der Waals surface area contributed by atoms with Gasteiger partial charge in [0.15, 0.2) is 5.96 Å². The molecule has 0 unspecified atom stereocenters. The number of hydrogen-bond donors (Lipinski definition) is 2. The topological polar surface area (TPSA) is 56.7 Å². The minimum Gasteiger partial charge on any atom is -0.357 e. The molecular weight excluding hydrogens is 415 g/mol. The van der Waals surface area contributed by atoms with E-state index in [2.05, 4.69) is 22.5 Å². The van der Waals surface area contributed by atoms with Crippen molar-refractivity contribution in [1.29, 1.82) is 0 Å². The van der Waals surface area contributed by atoms with Gasteiger partial charge in [-0.25, -0.2) is 0 Å². The number of likely N-dealkylation sites (tertiary alicyclic amines) is 1. The van der Waals surface area contributed by atoms with Crippen molar-refractivity contribution in [3.8, 4) is 0 Å². The van der Waals surface area contributed by atoms with E-state index in [1.165, 1.54) is 38.5 Å². The van der Waals surface area contributed by atoms with Crippen LogP contribution in [0.4, 0.5) is 0 Å². The van der Waals surface area contributed by atoms with Crippen LogP contribution >= 0.6 is 24.0 Å². The zero-order chi connectivity index (χ0) is 16.1. The van der Waals surface area contributed by atoms with E-state index in [9.17, 15) is 4.79 Å². The van der Waals surface area contributed by atoms with Crippen LogP contribution in [0, 0.1) is 11.3 Å². The van der Waals surface area contributed by atoms with Gasteiger partial charge in [0.1, 0.15) is 0 Å². The number of rotatable bonds is 5. The maximum Gasteiger partial charge on any atom is 0.223 e. The predicted molar refractivity (Wildman–Crippen MR) is 109 cm³/mol. The summed E-state index contributed by atoms with van der Waals surface area (Å²) < 4.78 is 0. The smallest absolute Gasteiger partial charge is 0.223 e. The number of nitrogens with zero attached hydrogens (tertiary/aromatic N) is 2. The van der Waals surface area contributed by atoms with Gasteiger partial charge >= 0.3 is 0 Å². The molecule has 1 aliphatic heterocycles. The fourth-order valence-electron chi connectivity index (χ4n) is 4.08. The molecule has 0 aromatic heterocycles. The molecule has 0 aromatic carbocycles. The zero-order valence-electron chi connectivity index (χ0n) is 15.0. The zero-order valence-corrected chi connectivity index (χ0v) is 17.3. The third-order valence-corrected chi connectivity index (χ3v) is 5.61. The highest BCUT2D eigenvalue weighted by Crippen LogP contribution is 2.43. The molecule has 138 valence electrons. The number of carbonyl (C=O) groups excluding carboxylic acids is 1. The van der Waals surface area contributed by atoms with Gasteiger partial charge in [0.05, 0.1) is 6.54 Å². The summed E-state index contributed by atoms with van der Waals surface area (Å²) in [5.74, 6) is 1.54. The van der Waals surface area contributed by atoms with E-state index in [1.54, 1.807) is 0 Å². The summed E-state index contributed by atoms with van der Waals surface area (Å²) >= 11 is 0. The third-order valence-electron chi connectivity index (χ3n) is 5.61. The van der Waals surface area contributed by atoms with E-state index in [-0.39, 0.29) is 35.8 Å². The van der Waals surface area contributed by atoms with Crippen LogP contribution in [0.25, 0.3) is 0 Å². The molecular formula is C18H33IN4O. The van der Waals surface area contributed by atoms with Gasteiger partial charge in [-0.1, -0.05) is 19.3 Å². The van der Waals surface area contributed by atoms with Crippen molar-refractivity contribution >= 4 is 35.8 Å². The predicted octanol–water partition coefficient (Wildman–Crippen LogP) is 2.75. The number of carbonyl (C=O) groups is 1. The van der Waals surface area contributed by atoms with Crippen LogP contribution in [0.2, 0.25) is 0 Å². The van der Waals surface area contributed by atoms with Crippen LogP contribution in [0.1, 0.15) is 58.3 Å². The second kappa shape index (κ2) is 9.25. The van der Waals surface area contributed by atoms with Crippen LogP contribution in [0.15, 0.2) is 4.99 Å². The van der Waals surface area contributed by atoms with Gasteiger partial charge < -0.3 is 15.5 Å². The van der Waals surface area contributed by atoms with Gasteiger partial charge in [-0.05, 0) is 44.4 Å². The minimum atomic E-state index is 0. The number of guanidine groups is 1. The molecule has 1 heterocycles. The van der Waals surface area contributed by atoms with Crippen LogP contribution < -0.4 is 10.6 Å². The first-order chi connectivity index (χ1) is 11.2. The van der Waals surface area contributed by atoms with Crippen molar-refractivity contribution in [1.82, 2.24) is 15.5 Å². The first-order valence-corrected chi connectivity index (χ1v) is 9.53. The standard InChI is InChI=1S/C18H32N4O.HI/c1-2-19-17(21-12-11-20-16(23)15-6-7-15)22-13-10-18(14-22)8-4-3-5-9-18;/h15H,2-14H2,1H3,(H,19,21)(H,20,23);1H. The Morgan fingerprint density at radius 1 is 1.17 bits per heavy atom. The van der Waals surface area contributed by atoms with E-state index < -0.39 is 0 Å². The molecule has 1 amide bonds. The molecule has 1 spiro atoms. The third kappa shape index (κ3) is 5.23. The highest BCUT2D eigenvalue weighted by atomic mass is 127. The monoisotopic (exact) mass is 448 g/mol. The lowest BCUT2D eigenvalue weighted by Crippen LogP contribution is -2.42. The molecule has 0 radical (unpaired) electrons. The lowest BCUT2D eigenvalue weighted by molar-refractivity contribution is -0.122. The summed E-state index contributed by atoms with van der Waals surface area (Å²) in [6.07, 6.45) is 10.4. The molecule has 0 aromatic rings. The highest BCUT2D eigenvalue weighted by Gasteiger charge is 2.39. The van der Waals surface area contributed by atoms with E-state index in [4.69, 9.17) is 4.99 Å². The van der Waals surface area contributed by atoms with Crippen LogP contribution in [-0.2, 0) is 4.79 Å². The lowest BCUT2D eigenvalue weighted by atomic mass is 9.73. The molecule has 24 heavy (non-hydrogen) atoms. The Hall–Kier alpha value is -0.530. The van der Waals surface area contributed by atoms with Gasteiger partial charge in [-0.2, -0.15) is 0 Å². The molecule has 6 heteroatoms. The van der Waals surface area contributed by atoms with Crippen molar-refractivity contribution in [3.63, 3.8) is 0 Å². The van der Waals surface area contributed by atoms with Gasteiger partial charge in [0.25, 0.3) is 0 Å². The average molecular weight is 448 g/mol. The molecule has 0 bridgehead atoms. The Bertz CT molecular complexity index is 444. The Kier molecular flexibility index (Phi) is 7.62. The van der Waals surface area contributed by atoms with E-state index in [0.29, 0.717) is 18.5 Å². The number of aliphatic imine (C=N–C) groups is 1. The first kappa shape index (κ1) is 19.8. The van der Waals surface area contributed by atoms with Gasteiger partial charge in [-0.15, -0.1) is 24.0 Å². The first-order valence-electron chi connectivity index (χ1n) is 9.53. The number of nitrogens with one attached hydrogen (secondary N) is 2. The quantitative estimate of drug-likeness (QED) is 0.294. The molecule has 1 saturated heterocycles. The average Bonchev–Trinajstić information content (AvgIpc) is 3.34. The largest absolute Gasteiger partial charge is 0.357 e. The summed E-state index contributed by atoms with van der Waals surface area (Å²) in [6.45, 7) is 6.63. The van der Waals surface area contributed by atoms with Crippen molar-refractivity contribution in [3.05, 3.63) is 0 Å². The summed E-state index contributed by atoms with van der Waals surface area (Å²) in [5, 5.41) is 6.43. The second-order valence-corrected chi connectivity index (χ2v) is 7.53. The molecule has 5 nitrogen and oxygen atoms in total. The fourth-order valence-corrected chi connectivity index (χ4v) is 4.08.